The van der Waals surface area contributed by atoms with Gasteiger partial charge in [0, 0.05) is 41.8 Å². The minimum Gasteiger partial charge on any atom is -0.337 e. The summed E-state index contributed by atoms with van der Waals surface area (Å²) in [7, 11) is 0. The Morgan fingerprint density at radius 2 is 1.92 bits per heavy atom. The monoisotopic (exact) mass is 347 g/mol. The first kappa shape index (κ1) is 17.3. The highest BCUT2D eigenvalue weighted by atomic mass is 32.2. The highest BCUT2D eigenvalue weighted by Gasteiger charge is 2.22. The summed E-state index contributed by atoms with van der Waals surface area (Å²) in [6.45, 7) is 5.38. The quantitative estimate of drug-likeness (QED) is 0.879. The molecule has 3 rings (SSSR count). The maximum atomic E-state index is 12.6. The summed E-state index contributed by atoms with van der Waals surface area (Å²) < 4.78 is 0. The zero-order valence-corrected chi connectivity index (χ0v) is 15.0. The van der Waals surface area contributed by atoms with E-state index in [0.717, 1.165) is 61.8 Å². The van der Waals surface area contributed by atoms with Gasteiger partial charge < -0.3 is 15.5 Å². The Balaban J connectivity index is 1.65. The molecule has 1 aromatic rings. The van der Waals surface area contributed by atoms with E-state index >= 15 is 0 Å². The van der Waals surface area contributed by atoms with Crippen molar-refractivity contribution in [2.45, 2.75) is 19.8 Å². The maximum absolute atomic E-state index is 12.6. The predicted octanol–water partition coefficient (Wildman–Crippen LogP) is 2.12. The van der Waals surface area contributed by atoms with E-state index in [9.17, 15) is 9.59 Å². The number of aryl methyl sites for hydroxylation is 1. The lowest BCUT2D eigenvalue weighted by Gasteiger charge is -2.26. The van der Waals surface area contributed by atoms with Crippen LogP contribution in [-0.2, 0) is 4.79 Å². The van der Waals surface area contributed by atoms with Gasteiger partial charge in [0.2, 0.25) is 5.91 Å². The number of rotatable bonds is 3. The Morgan fingerprint density at radius 1 is 1.21 bits per heavy atom. The van der Waals surface area contributed by atoms with E-state index in [1.165, 1.54) is 0 Å². The molecule has 2 aliphatic rings. The Hall–Kier alpha value is -1.53. The summed E-state index contributed by atoms with van der Waals surface area (Å²) >= 11 is 1.89. The van der Waals surface area contributed by atoms with Crippen LogP contribution in [0.25, 0.3) is 0 Å². The summed E-state index contributed by atoms with van der Waals surface area (Å²) in [5.41, 5.74) is 2.46. The number of hydrogen-bond donors (Lipinski definition) is 2. The fourth-order valence-corrected chi connectivity index (χ4v) is 4.11. The SMILES string of the molecule is Cc1cc(C(=O)N2CCSCC2)ccc1NC(=O)C1CCNCC1. The molecule has 0 atom stereocenters. The number of carbonyl (C=O) groups excluding carboxylic acids is 2. The van der Waals surface area contributed by atoms with Gasteiger partial charge in [0.1, 0.15) is 0 Å². The van der Waals surface area contributed by atoms with Crippen LogP contribution >= 0.6 is 11.8 Å². The highest BCUT2D eigenvalue weighted by Crippen LogP contribution is 2.21. The fourth-order valence-electron chi connectivity index (χ4n) is 3.20. The van der Waals surface area contributed by atoms with Gasteiger partial charge in [-0.3, -0.25) is 9.59 Å². The molecule has 1 aromatic carbocycles. The molecule has 2 N–H and O–H groups in total. The first-order valence-electron chi connectivity index (χ1n) is 8.64. The largest absolute Gasteiger partial charge is 0.337 e. The number of anilines is 1. The molecule has 2 saturated heterocycles. The van der Waals surface area contributed by atoms with Crippen LogP contribution in [0.2, 0.25) is 0 Å². The van der Waals surface area contributed by atoms with Crippen LogP contribution in [0.4, 0.5) is 5.69 Å². The van der Waals surface area contributed by atoms with Crippen LogP contribution < -0.4 is 10.6 Å². The van der Waals surface area contributed by atoms with E-state index in [0.29, 0.717) is 5.56 Å². The first-order valence-corrected chi connectivity index (χ1v) is 9.80. The fraction of sp³-hybridized carbons (Fsp3) is 0.556. The predicted molar refractivity (Wildman–Crippen MR) is 98.6 cm³/mol. The summed E-state index contributed by atoms with van der Waals surface area (Å²) in [5.74, 6) is 2.28. The maximum Gasteiger partial charge on any atom is 0.253 e. The molecule has 130 valence electrons. The lowest BCUT2D eigenvalue weighted by Crippen LogP contribution is -2.38. The third-order valence-corrected chi connectivity index (χ3v) is 5.68. The van der Waals surface area contributed by atoms with Gasteiger partial charge in [-0.25, -0.2) is 0 Å². The van der Waals surface area contributed by atoms with Crippen molar-refractivity contribution in [1.82, 2.24) is 10.2 Å². The van der Waals surface area contributed by atoms with Crippen molar-refractivity contribution in [3.8, 4) is 0 Å². The molecule has 0 spiro atoms. The van der Waals surface area contributed by atoms with Crippen molar-refractivity contribution in [2.24, 2.45) is 5.92 Å². The Bertz CT molecular complexity index is 608. The second kappa shape index (κ2) is 8.03. The molecule has 5 nitrogen and oxygen atoms in total. The number of hydrogen-bond acceptors (Lipinski definition) is 4. The van der Waals surface area contributed by atoms with E-state index in [4.69, 9.17) is 0 Å². The molecule has 0 saturated carbocycles. The van der Waals surface area contributed by atoms with Crippen molar-refractivity contribution in [2.75, 3.05) is 43.0 Å². The van der Waals surface area contributed by atoms with Crippen molar-refractivity contribution >= 4 is 29.3 Å². The molecule has 0 radical (unpaired) electrons. The third kappa shape index (κ3) is 4.11. The average molecular weight is 347 g/mol. The number of nitrogens with zero attached hydrogens (tertiary/aromatic N) is 1. The van der Waals surface area contributed by atoms with Gasteiger partial charge in [0.25, 0.3) is 5.91 Å². The molecule has 0 bridgehead atoms. The molecule has 6 heteroatoms. The summed E-state index contributed by atoms with van der Waals surface area (Å²) in [6, 6.07) is 5.58. The molecule has 2 aliphatic heterocycles. The molecular weight excluding hydrogens is 322 g/mol. The van der Waals surface area contributed by atoms with Crippen molar-refractivity contribution in [1.29, 1.82) is 0 Å². The van der Waals surface area contributed by atoms with Crippen LogP contribution in [0.3, 0.4) is 0 Å². The van der Waals surface area contributed by atoms with Crippen LogP contribution in [0.5, 0.6) is 0 Å². The second-order valence-corrected chi connectivity index (χ2v) is 7.67. The second-order valence-electron chi connectivity index (χ2n) is 6.45. The topological polar surface area (TPSA) is 61.4 Å². The Kier molecular flexibility index (Phi) is 5.79. The van der Waals surface area contributed by atoms with E-state index < -0.39 is 0 Å². The number of carbonyl (C=O) groups is 2. The van der Waals surface area contributed by atoms with Crippen LogP contribution in [0, 0.1) is 12.8 Å². The van der Waals surface area contributed by atoms with E-state index in [-0.39, 0.29) is 17.7 Å². The van der Waals surface area contributed by atoms with Gasteiger partial charge in [-0.1, -0.05) is 0 Å². The average Bonchev–Trinajstić information content (AvgIpc) is 2.64. The van der Waals surface area contributed by atoms with Gasteiger partial charge in [0.15, 0.2) is 0 Å². The van der Waals surface area contributed by atoms with E-state index in [1.807, 2.05) is 41.8 Å². The standard InChI is InChI=1S/C18H25N3O2S/c1-13-12-15(18(23)21-8-10-24-11-9-21)2-3-16(13)20-17(22)14-4-6-19-7-5-14/h2-3,12,14,19H,4-11H2,1H3,(H,20,22). The van der Waals surface area contributed by atoms with Crippen molar-refractivity contribution in [3.63, 3.8) is 0 Å². The summed E-state index contributed by atoms with van der Waals surface area (Å²) in [6.07, 6.45) is 1.77. The van der Waals surface area contributed by atoms with E-state index in [2.05, 4.69) is 10.6 Å². The van der Waals surface area contributed by atoms with Crippen LogP contribution in [0.1, 0.15) is 28.8 Å². The molecule has 2 heterocycles. The zero-order valence-electron chi connectivity index (χ0n) is 14.1. The van der Waals surface area contributed by atoms with Gasteiger partial charge in [-0.15, -0.1) is 0 Å². The number of thioether (sulfide) groups is 1. The highest BCUT2D eigenvalue weighted by molar-refractivity contribution is 7.99. The number of amides is 2. The van der Waals surface area contributed by atoms with E-state index in [1.54, 1.807) is 0 Å². The molecule has 0 aliphatic carbocycles. The normalized spacial score (nSPS) is 19.1. The summed E-state index contributed by atoms with van der Waals surface area (Å²) in [5, 5.41) is 6.30. The van der Waals surface area contributed by atoms with Crippen molar-refractivity contribution < 1.29 is 9.59 Å². The number of benzene rings is 1. The number of piperidine rings is 1. The smallest absolute Gasteiger partial charge is 0.253 e. The van der Waals surface area contributed by atoms with Gasteiger partial charge in [-0.2, -0.15) is 11.8 Å². The summed E-state index contributed by atoms with van der Waals surface area (Å²) in [4.78, 5) is 26.8. The first-order chi connectivity index (χ1) is 11.6. The molecule has 24 heavy (non-hydrogen) atoms. The van der Waals surface area contributed by atoms with Crippen molar-refractivity contribution in [3.05, 3.63) is 29.3 Å². The molecule has 0 aromatic heterocycles. The van der Waals surface area contributed by atoms with Crippen LogP contribution in [0.15, 0.2) is 18.2 Å². The van der Waals surface area contributed by atoms with Gasteiger partial charge >= 0.3 is 0 Å². The Morgan fingerprint density at radius 3 is 2.58 bits per heavy atom. The lowest BCUT2D eigenvalue weighted by atomic mass is 9.97. The lowest BCUT2D eigenvalue weighted by molar-refractivity contribution is -0.120. The Labute approximate surface area is 147 Å². The molecular formula is C18H25N3O2S. The zero-order chi connectivity index (χ0) is 16.9. The molecule has 2 amide bonds. The third-order valence-electron chi connectivity index (χ3n) is 4.74. The molecule has 0 unspecified atom stereocenters. The number of nitrogens with one attached hydrogen (secondary N) is 2. The minimum atomic E-state index is 0.0813. The van der Waals surface area contributed by atoms with Gasteiger partial charge in [-0.05, 0) is 56.6 Å². The van der Waals surface area contributed by atoms with Gasteiger partial charge in [0.05, 0.1) is 0 Å². The minimum absolute atomic E-state index is 0.0813. The molecule has 2 fully saturated rings. The van der Waals surface area contributed by atoms with Crippen LogP contribution in [-0.4, -0.2) is 54.4 Å².